The molecule has 1 aliphatic carbocycles. The number of aliphatic hydroxyl groups excluding tert-OH is 1. The lowest BCUT2D eigenvalue weighted by molar-refractivity contribution is -0.141. The molecule has 1 atom stereocenters. The number of methoxy groups -OCH3 is 1. The Morgan fingerprint density at radius 1 is 1.17 bits per heavy atom. The van der Waals surface area contributed by atoms with E-state index in [2.05, 4.69) is 0 Å². The molecule has 1 N–H and O–H groups in total. The van der Waals surface area contributed by atoms with Gasteiger partial charge in [0.05, 0.1) is 12.7 Å². The van der Waals surface area contributed by atoms with Crippen LogP contribution in [0.3, 0.4) is 0 Å². The molecular formula is C23H25NO4S. The van der Waals surface area contributed by atoms with Crippen LogP contribution in [0.4, 0.5) is 0 Å². The molecule has 2 aromatic rings. The summed E-state index contributed by atoms with van der Waals surface area (Å²) in [5.74, 6) is -0.661. The summed E-state index contributed by atoms with van der Waals surface area (Å²) in [6, 6.07) is 8.43. The van der Waals surface area contributed by atoms with Crippen LogP contribution >= 0.6 is 11.3 Å². The number of thiophene rings is 1. The van der Waals surface area contributed by atoms with E-state index in [0.717, 1.165) is 42.5 Å². The van der Waals surface area contributed by atoms with E-state index >= 15 is 0 Å². The number of rotatable bonds is 4. The Hall–Kier alpha value is -2.60. The van der Waals surface area contributed by atoms with Gasteiger partial charge in [-0.1, -0.05) is 31.4 Å². The second-order valence-electron chi connectivity index (χ2n) is 7.70. The number of benzene rings is 1. The topological polar surface area (TPSA) is 66.8 Å². The summed E-state index contributed by atoms with van der Waals surface area (Å²) in [7, 11) is 1.55. The minimum absolute atomic E-state index is 0.0299. The fourth-order valence-electron chi connectivity index (χ4n) is 4.43. The Morgan fingerprint density at radius 3 is 2.59 bits per heavy atom. The quantitative estimate of drug-likeness (QED) is 0.445. The van der Waals surface area contributed by atoms with Gasteiger partial charge in [-0.3, -0.25) is 9.59 Å². The molecule has 6 heteroatoms. The average Bonchev–Trinajstić information content (AvgIpc) is 3.28. The molecule has 29 heavy (non-hydrogen) atoms. The molecule has 2 fully saturated rings. The van der Waals surface area contributed by atoms with Gasteiger partial charge in [-0.05, 0) is 48.9 Å². The maximum atomic E-state index is 13.1. The smallest absolute Gasteiger partial charge is 0.295 e. The van der Waals surface area contributed by atoms with Crippen molar-refractivity contribution in [2.24, 2.45) is 0 Å². The minimum Gasteiger partial charge on any atom is -0.507 e. The van der Waals surface area contributed by atoms with Crippen molar-refractivity contribution >= 4 is 28.8 Å². The van der Waals surface area contributed by atoms with E-state index in [-0.39, 0.29) is 17.4 Å². The first-order valence-electron chi connectivity index (χ1n) is 10.0. The zero-order valence-electron chi connectivity index (χ0n) is 16.7. The number of likely N-dealkylation sites (tertiary alicyclic amines) is 1. The van der Waals surface area contributed by atoms with Crippen LogP contribution in [0.2, 0.25) is 0 Å². The number of aliphatic hydroxyl groups is 1. The lowest BCUT2D eigenvalue weighted by atomic mass is 9.92. The van der Waals surface area contributed by atoms with E-state index in [1.807, 2.05) is 18.4 Å². The number of Topliss-reactive ketones (excluding diaryl/α,β-unsaturated/α-hetero) is 1. The lowest BCUT2D eigenvalue weighted by Gasteiger charge is -2.35. The molecule has 1 aliphatic heterocycles. The summed E-state index contributed by atoms with van der Waals surface area (Å²) in [6.45, 7) is 1.98. The molecule has 2 aliphatic rings. The summed E-state index contributed by atoms with van der Waals surface area (Å²) >= 11 is 1.53. The van der Waals surface area contributed by atoms with Crippen LogP contribution in [-0.2, 0) is 9.59 Å². The van der Waals surface area contributed by atoms with E-state index in [0.29, 0.717) is 11.3 Å². The number of aryl methyl sites for hydroxylation is 1. The SMILES string of the molecule is COc1cccc(/C(O)=C2/C(=O)C(=O)N(C3CCCCC3)C2c2sccc2C)c1. The van der Waals surface area contributed by atoms with Crippen LogP contribution in [0.25, 0.3) is 5.76 Å². The maximum Gasteiger partial charge on any atom is 0.295 e. The summed E-state index contributed by atoms with van der Waals surface area (Å²) in [5.41, 5.74) is 1.68. The molecule has 0 bridgehead atoms. The first kappa shape index (κ1) is 19.7. The fraction of sp³-hybridized carbons (Fsp3) is 0.391. The Kier molecular flexibility index (Phi) is 5.46. The summed E-state index contributed by atoms with van der Waals surface area (Å²) in [4.78, 5) is 28.9. The third kappa shape index (κ3) is 3.46. The maximum absolute atomic E-state index is 13.1. The van der Waals surface area contributed by atoms with E-state index in [4.69, 9.17) is 4.74 Å². The highest BCUT2D eigenvalue weighted by atomic mass is 32.1. The third-order valence-electron chi connectivity index (χ3n) is 5.94. The second-order valence-corrected chi connectivity index (χ2v) is 8.65. The zero-order valence-corrected chi connectivity index (χ0v) is 17.5. The molecule has 152 valence electrons. The molecule has 4 rings (SSSR count). The molecule has 1 aromatic carbocycles. The van der Waals surface area contributed by atoms with Crippen molar-refractivity contribution < 1.29 is 19.4 Å². The first-order chi connectivity index (χ1) is 14.0. The average molecular weight is 412 g/mol. The Morgan fingerprint density at radius 2 is 1.93 bits per heavy atom. The predicted molar refractivity (Wildman–Crippen MR) is 113 cm³/mol. The molecule has 1 aromatic heterocycles. The van der Waals surface area contributed by atoms with E-state index in [9.17, 15) is 14.7 Å². The largest absolute Gasteiger partial charge is 0.507 e. The molecule has 2 heterocycles. The normalized spacial score (nSPS) is 22.3. The van der Waals surface area contributed by atoms with Crippen molar-refractivity contribution in [3.63, 3.8) is 0 Å². The lowest BCUT2D eigenvalue weighted by Crippen LogP contribution is -2.40. The number of hydrogen-bond donors (Lipinski definition) is 1. The highest BCUT2D eigenvalue weighted by Gasteiger charge is 2.49. The molecular weight excluding hydrogens is 386 g/mol. The number of carbonyl (C=O) groups excluding carboxylic acids is 2. The van der Waals surface area contributed by atoms with Crippen molar-refractivity contribution in [1.29, 1.82) is 0 Å². The van der Waals surface area contributed by atoms with Crippen molar-refractivity contribution in [3.8, 4) is 5.75 Å². The van der Waals surface area contributed by atoms with Gasteiger partial charge in [0, 0.05) is 16.5 Å². The molecule has 1 amide bonds. The van der Waals surface area contributed by atoms with Crippen molar-refractivity contribution in [3.05, 3.63) is 57.3 Å². The molecule has 1 saturated carbocycles. The number of hydrogen-bond acceptors (Lipinski definition) is 5. The third-order valence-corrected chi connectivity index (χ3v) is 7.01. The minimum atomic E-state index is -0.603. The molecule has 0 radical (unpaired) electrons. The van der Waals surface area contributed by atoms with Crippen LogP contribution in [-0.4, -0.2) is 34.8 Å². The number of ketones is 1. The zero-order chi connectivity index (χ0) is 20.5. The Balaban J connectivity index is 1.87. The standard InChI is InChI=1S/C23H25NO4S/c1-14-11-12-29-22(14)19-18(20(25)15-7-6-10-17(13-15)28-2)21(26)23(27)24(19)16-8-4-3-5-9-16/h6-7,10-13,16,19,25H,3-5,8-9H2,1-2H3/b20-18-. The van der Waals surface area contributed by atoms with Crippen LogP contribution in [0.1, 0.15) is 54.1 Å². The number of nitrogens with zero attached hydrogens (tertiary/aromatic N) is 1. The Bertz CT molecular complexity index is 971. The van der Waals surface area contributed by atoms with Gasteiger partial charge in [-0.15, -0.1) is 11.3 Å². The first-order valence-corrected chi connectivity index (χ1v) is 10.9. The van der Waals surface area contributed by atoms with Crippen LogP contribution in [0.5, 0.6) is 5.75 Å². The van der Waals surface area contributed by atoms with E-state index in [1.54, 1.807) is 36.3 Å². The highest BCUT2D eigenvalue weighted by Crippen LogP contribution is 2.45. The van der Waals surface area contributed by atoms with Gasteiger partial charge in [0.15, 0.2) is 0 Å². The molecule has 1 saturated heterocycles. The monoisotopic (exact) mass is 411 g/mol. The van der Waals surface area contributed by atoms with Gasteiger partial charge < -0.3 is 14.7 Å². The van der Waals surface area contributed by atoms with Gasteiger partial charge >= 0.3 is 0 Å². The second kappa shape index (κ2) is 8.03. The molecule has 5 nitrogen and oxygen atoms in total. The van der Waals surface area contributed by atoms with Gasteiger partial charge in [-0.25, -0.2) is 0 Å². The van der Waals surface area contributed by atoms with Gasteiger partial charge in [0.2, 0.25) is 0 Å². The van der Waals surface area contributed by atoms with Gasteiger partial charge in [-0.2, -0.15) is 0 Å². The van der Waals surface area contributed by atoms with Gasteiger partial charge in [0.1, 0.15) is 17.6 Å². The Labute approximate surface area is 174 Å². The summed E-state index contributed by atoms with van der Waals surface area (Å²) < 4.78 is 5.26. The molecule has 0 spiro atoms. The highest BCUT2D eigenvalue weighted by molar-refractivity contribution is 7.10. The van der Waals surface area contributed by atoms with Crippen molar-refractivity contribution in [2.75, 3.05) is 7.11 Å². The van der Waals surface area contributed by atoms with E-state index < -0.39 is 17.7 Å². The fourth-order valence-corrected chi connectivity index (χ4v) is 5.47. The van der Waals surface area contributed by atoms with Crippen LogP contribution in [0.15, 0.2) is 41.3 Å². The predicted octanol–water partition coefficient (Wildman–Crippen LogP) is 4.82. The number of amides is 1. The van der Waals surface area contributed by atoms with Crippen LogP contribution < -0.4 is 4.74 Å². The van der Waals surface area contributed by atoms with E-state index in [1.165, 1.54) is 11.3 Å². The molecule has 1 unspecified atom stereocenters. The summed E-state index contributed by atoms with van der Waals surface area (Å²) in [6.07, 6.45) is 5.06. The van der Waals surface area contributed by atoms with Crippen molar-refractivity contribution in [1.82, 2.24) is 4.90 Å². The van der Waals surface area contributed by atoms with Crippen molar-refractivity contribution in [2.45, 2.75) is 51.1 Å². The summed E-state index contributed by atoms with van der Waals surface area (Å²) in [5, 5.41) is 13.1. The van der Waals surface area contributed by atoms with Crippen LogP contribution in [0, 0.1) is 6.92 Å². The number of ether oxygens (including phenoxy) is 1. The van der Waals surface area contributed by atoms with Gasteiger partial charge in [0.25, 0.3) is 11.7 Å². The number of carbonyl (C=O) groups is 2.